The number of allylic oxidation sites excluding steroid dienone is 1. The number of alkyl halides is 1. The van der Waals surface area contributed by atoms with E-state index in [0.717, 1.165) is 5.57 Å². The van der Waals surface area contributed by atoms with Crippen molar-refractivity contribution in [3.63, 3.8) is 0 Å². The predicted molar refractivity (Wildman–Crippen MR) is 25.5 cm³/mol. The molecule has 0 fully saturated rings. The van der Waals surface area contributed by atoms with Gasteiger partial charge in [0.2, 0.25) is 0 Å². The fourth-order valence-electron chi connectivity index (χ4n) is 0. The maximum Gasteiger partial charge on any atom is 0.0428 e. The zero-order valence-electron chi connectivity index (χ0n) is 3.61. The molecule has 0 aromatic heterocycles. The average Bonchev–Trinajstić information content (AvgIpc) is 1.38. The minimum atomic E-state index is 0. The summed E-state index contributed by atoms with van der Waals surface area (Å²) in [6, 6.07) is 0. The molecular formula is C4H7ClPd. The van der Waals surface area contributed by atoms with Gasteiger partial charge in [-0.05, 0) is 6.92 Å². The summed E-state index contributed by atoms with van der Waals surface area (Å²) >= 11 is 5.24. The van der Waals surface area contributed by atoms with Crippen molar-refractivity contribution in [1.29, 1.82) is 0 Å². The largest absolute Gasteiger partial charge is 0.122 e. The minimum absolute atomic E-state index is 0. The van der Waals surface area contributed by atoms with Crippen molar-refractivity contribution in [3.8, 4) is 0 Å². The van der Waals surface area contributed by atoms with Crippen LogP contribution >= 0.6 is 11.6 Å². The van der Waals surface area contributed by atoms with Crippen LogP contribution in [0.5, 0.6) is 0 Å². The molecule has 0 aliphatic carbocycles. The molecule has 0 spiro atoms. The summed E-state index contributed by atoms with van der Waals surface area (Å²) in [6.45, 7) is 5.44. The first-order valence-electron chi connectivity index (χ1n) is 1.47. The van der Waals surface area contributed by atoms with Gasteiger partial charge >= 0.3 is 0 Å². The van der Waals surface area contributed by atoms with E-state index in [1.807, 2.05) is 6.92 Å². The number of halogens is 1. The topological polar surface area (TPSA) is 0 Å². The van der Waals surface area contributed by atoms with E-state index >= 15 is 0 Å². The normalized spacial score (nSPS) is 6.33. The SMILES string of the molecule is C=C(C)CCl.[Pd]. The van der Waals surface area contributed by atoms with Crippen LogP contribution in [0.15, 0.2) is 12.2 Å². The van der Waals surface area contributed by atoms with E-state index in [4.69, 9.17) is 11.6 Å². The van der Waals surface area contributed by atoms with E-state index in [0.29, 0.717) is 5.88 Å². The van der Waals surface area contributed by atoms with Crippen LogP contribution in [-0.4, -0.2) is 5.88 Å². The van der Waals surface area contributed by atoms with Crippen molar-refractivity contribution in [3.05, 3.63) is 12.2 Å². The van der Waals surface area contributed by atoms with Crippen LogP contribution in [0, 0.1) is 0 Å². The summed E-state index contributed by atoms with van der Waals surface area (Å²) in [7, 11) is 0. The Hall–Kier alpha value is 0.692. The van der Waals surface area contributed by atoms with Gasteiger partial charge in [-0.15, -0.1) is 11.6 Å². The fourth-order valence-corrected chi connectivity index (χ4v) is 0. The first-order chi connectivity index (χ1) is 2.27. The van der Waals surface area contributed by atoms with Crippen molar-refractivity contribution in [2.45, 2.75) is 6.92 Å². The number of hydrogen-bond acceptors (Lipinski definition) is 0. The van der Waals surface area contributed by atoms with Crippen molar-refractivity contribution in [2.24, 2.45) is 0 Å². The molecular weight excluding hydrogens is 190 g/mol. The summed E-state index contributed by atoms with van der Waals surface area (Å²) in [5, 5.41) is 0. The van der Waals surface area contributed by atoms with E-state index in [1.54, 1.807) is 0 Å². The van der Waals surface area contributed by atoms with Gasteiger partial charge in [-0.1, -0.05) is 12.2 Å². The molecule has 0 atom stereocenters. The third-order valence-electron chi connectivity index (χ3n) is 0.228. The molecule has 0 unspecified atom stereocenters. The molecule has 0 saturated heterocycles. The van der Waals surface area contributed by atoms with Crippen LogP contribution in [0.25, 0.3) is 0 Å². The van der Waals surface area contributed by atoms with Crippen molar-refractivity contribution < 1.29 is 20.4 Å². The van der Waals surface area contributed by atoms with Gasteiger partial charge in [0, 0.05) is 26.3 Å². The van der Waals surface area contributed by atoms with Crippen molar-refractivity contribution in [1.82, 2.24) is 0 Å². The first-order valence-corrected chi connectivity index (χ1v) is 2.01. The molecule has 0 amide bonds. The molecule has 0 rings (SSSR count). The van der Waals surface area contributed by atoms with Gasteiger partial charge in [0.25, 0.3) is 0 Å². The monoisotopic (exact) mass is 196 g/mol. The molecule has 0 aliphatic heterocycles. The van der Waals surface area contributed by atoms with Crippen LogP contribution in [0.2, 0.25) is 0 Å². The zero-order valence-corrected chi connectivity index (χ0v) is 5.92. The van der Waals surface area contributed by atoms with Crippen LogP contribution in [0.1, 0.15) is 6.92 Å². The van der Waals surface area contributed by atoms with Gasteiger partial charge < -0.3 is 0 Å². The maximum atomic E-state index is 5.24. The molecule has 0 heterocycles. The quantitative estimate of drug-likeness (QED) is 0.341. The second kappa shape index (κ2) is 5.69. The van der Waals surface area contributed by atoms with E-state index < -0.39 is 0 Å². The molecule has 0 bridgehead atoms. The Balaban J connectivity index is 0. The summed E-state index contributed by atoms with van der Waals surface area (Å²) in [5.74, 6) is 0.583. The average molecular weight is 197 g/mol. The van der Waals surface area contributed by atoms with Crippen molar-refractivity contribution >= 4 is 11.6 Å². The molecule has 2 heteroatoms. The van der Waals surface area contributed by atoms with E-state index in [2.05, 4.69) is 6.58 Å². The summed E-state index contributed by atoms with van der Waals surface area (Å²) in [6.07, 6.45) is 0. The van der Waals surface area contributed by atoms with Gasteiger partial charge in [-0.2, -0.15) is 0 Å². The van der Waals surface area contributed by atoms with Gasteiger partial charge in [-0.3, -0.25) is 0 Å². The second-order valence-electron chi connectivity index (χ2n) is 1.09. The second-order valence-corrected chi connectivity index (χ2v) is 1.36. The standard InChI is InChI=1S/C4H7Cl.Pd/c1-4(2)3-5;/h1,3H2,2H3;. The molecule has 0 radical (unpaired) electrons. The third kappa shape index (κ3) is 8.83. The predicted octanol–water partition coefficient (Wildman–Crippen LogP) is 1.80. The smallest absolute Gasteiger partial charge is 0.0428 e. The Labute approximate surface area is 57.2 Å². The fraction of sp³-hybridized carbons (Fsp3) is 0.500. The molecule has 0 nitrogen and oxygen atoms in total. The van der Waals surface area contributed by atoms with Gasteiger partial charge in [0.05, 0.1) is 0 Å². The molecule has 0 N–H and O–H groups in total. The van der Waals surface area contributed by atoms with Crippen LogP contribution < -0.4 is 0 Å². The number of rotatable bonds is 1. The first kappa shape index (κ1) is 9.85. The van der Waals surface area contributed by atoms with Crippen LogP contribution in [-0.2, 0) is 20.4 Å². The molecule has 0 saturated carbocycles. The van der Waals surface area contributed by atoms with Crippen LogP contribution in [0.4, 0.5) is 0 Å². The van der Waals surface area contributed by atoms with Gasteiger partial charge in [-0.25, -0.2) is 0 Å². The maximum absolute atomic E-state index is 5.24. The van der Waals surface area contributed by atoms with Gasteiger partial charge in [0.15, 0.2) is 0 Å². The Bertz CT molecular complexity index is 42.8. The van der Waals surface area contributed by atoms with Crippen LogP contribution in [0.3, 0.4) is 0 Å². The Morgan fingerprint density at radius 1 is 1.83 bits per heavy atom. The summed E-state index contributed by atoms with van der Waals surface area (Å²) in [5.41, 5.74) is 1.02. The molecule has 6 heavy (non-hydrogen) atoms. The number of hydrogen-bond donors (Lipinski definition) is 0. The Morgan fingerprint density at radius 2 is 2.00 bits per heavy atom. The summed E-state index contributed by atoms with van der Waals surface area (Å²) < 4.78 is 0. The molecule has 0 aromatic carbocycles. The zero-order chi connectivity index (χ0) is 4.28. The third-order valence-corrected chi connectivity index (χ3v) is 0.684. The summed E-state index contributed by atoms with van der Waals surface area (Å²) in [4.78, 5) is 0. The Kier molecular flexibility index (Phi) is 9.34. The van der Waals surface area contributed by atoms with Crippen molar-refractivity contribution in [2.75, 3.05) is 5.88 Å². The van der Waals surface area contributed by atoms with E-state index in [1.165, 1.54) is 0 Å². The minimum Gasteiger partial charge on any atom is -0.122 e. The molecule has 0 aliphatic rings. The van der Waals surface area contributed by atoms with Gasteiger partial charge in [0.1, 0.15) is 0 Å². The van der Waals surface area contributed by atoms with E-state index in [-0.39, 0.29) is 20.4 Å². The van der Waals surface area contributed by atoms with E-state index in [9.17, 15) is 0 Å². The Morgan fingerprint density at radius 3 is 2.00 bits per heavy atom. The molecule has 40 valence electrons. The molecule has 0 aromatic rings.